The largest absolute Gasteiger partial charge is 0.487 e. The zero-order valence-corrected chi connectivity index (χ0v) is 34.1. The lowest BCUT2D eigenvalue weighted by Gasteiger charge is -2.47. The Morgan fingerprint density at radius 3 is 1.83 bits per heavy atom. The highest BCUT2D eigenvalue weighted by Crippen LogP contribution is 2.32. The molecule has 0 aliphatic carbocycles. The van der Waals surface area contributed by atoms with Gasteiger partial charge in [-0.3, -0.25) is 38.6 Å². The Bertz CT molecular complexity index is 1960. The second kappa shape index (κ2) is 19.3. The number of nitrogens with zero attached hydrogens (tertiary/aromatic N) is 6. The van der Waals surface area contributed by atoms with Gasteiger partial charge in [0, 0.05) is 114 Å². The third-order valence-electron chi connectivity index (χ3n) is 10.9. The van der Waals surface area contributed by atoms with Gasteiger partial charge in [-0.05, 0) is 30.4 Å². The summed E-state index contributed by atoms with van der Waals surface area (Å²) >= 11 is 18.5. The minimum Gasteiger partial charge on any atom is -0.487 e. The molecule has 0 aromatic heterocycles. The number of hydrogen-bond donors (Lipinski definition) is 3. The van der Waals surface area contributed by atoms with Gasteiger partial charge in [0.1, 0.15) is 12.4 Å². The molecule has 310 valence electrons. The summed E-state index contributed by atoms with van der Waals surface area (Å²) in [6, 6.07) is 6.51. The van der Waals surface area contributed by atoms with Gasteiger partial charge < -0.3 is 40.7 Å². The molecule has 5 amide bonds. The summed E-state index contributed by atoms with van der Waals surface area (Å²) in [5.41, 5.74) is 6.57. The van der Waals surface area contributed by atoms with Crippen molar-refractivity contribution in [3.8, 4) is 5.75 Å². The molecule has 4 N–H and O–H groups in total. The number of amides is 5. The Morgan fingerprint density at radius 2 is 1.29 bits per heavy atom. The highest BCUT2D eigenvalue weighted by atomic mass is 35.5. The van der Waals surface area contributed by atoms with Crippen molar-refractivity contribution >= 4 is 82.0 Å². The van der Waals surface area contributed by atoms with Crippen LogP contribution in [0.3, 0.4) is 0 Å². The highest BCUT2D eigenvalue weighted by Gasteiger charge is 2.37. The number of halogens is 3. The molecule has 0 bridgehead atoms. The van der Waals surface area contributed by atoms with E-state index in [4.69, 9.17) is 45.3 Å². The Kier molecular flexibility index (Phi) is 14.2. The fraction of sp³-hybridized carbons (Fsp3) is 0.436. The molecule has 2 aromatic rings. The number of carbonyl (C=O) groups excluding carboxylic acids is 6. The maximum absolute atomic E-state index is 13.1. The monoisotopic (exact) mass is 857 g/mol. The number of hydrogen-bond acceptors (Lipinski definition) is 11. The van der Waals surface area contributed by atoms with Crippen LogP contribution in [0.4, 0.5) is 11.4 Å². The molecule has 4 saturated heterocycles. The lowest BCUT2D eigenvalue weighted by atomic mass is 10.1. The number of likely N-dealkylation sites (tertiary alicyclic amines) is 2. The van der Waals surface area contributed by atoms with E-state index in [-0.39, 0.29) is 81.6 Å². The zero-order chi connectivity index (χ0) is 41.5. The van der Waals surface area contributed by atoms with Gasteiger partial charge in [0.05, 0.1) is 39.4 Å². The number of ether oxygens (including phenoxy) is 1. The van der Waals surface area contributed by atoms with Crippen LogP contribution in [0.5, 0.6) is 5.75 Å². The number of anilines is 2. The van der Waals surface area contributed by atoms with E-state index in [1.807, 2.05) is 0 Å². The highest BCUT2D eigenvalue weighted by molar-refractivity contribution is 6.44. The third kappa shape index (κ3) is 10.2. The molecule has 0 spiro atoms. The lowest BCUT2D eigenvalue weighted by molar-refractivity contribution is -0.137. The minimum atomic E-state index is -0.720. The van der Waals surface area contributed by atoms with Crippen molar-refractivity contribution in [2.45, 2.75) is 12.1 Å². The molecular formula is C39H46Cl3N9O7. The average molecular weight is 859 g/mol. The van der Waals surface area contributed by atoms with Crippen LogP contribution in [0.25, 0.3) is 0 Å². The lowest BCUT2D eigenvalue weighted by Crippen LogP contribution is -2.64. The predicted octanol–water partition coefficient (Wildman–Crippen LogP) is 1.91. The van der Waals surface area contributed by atoms with Crippen LogP contribution in [-0.2, 0) is 19.2 Å². The van der Waals surface area contributed by atoms with Crippen molar-refractivity contribution in [1.82, 2.24) is 29.4 Å². The predicted molar refractivity (Wildman–Crippen MR) is 221 cm³/mol. The number of nitrogens with two attached hydrogens (primary N) is 1. The molecule has 0 saturated carbocycles. The van der Waals surface area contributed by atoms with Gasteiger partial charge in [-0.15, -0.1) is 0 Å². The van der Waals surface area contributed by atoms with Crippen molar-refractivity contribution in [3.05, 3.63) is 75.3 Å². The Morgan fingerprint density at radius 1 is 0.741 bits per heavy atom. The normalized spacial score (nSPS) is 18.1. The van der Waals surface area contributed by atoms with E-state index in [2.05, 4.69) is 27.0 Å². The SMILES string of the molecule is C=CC(=O)N1CC(N2CCN(C(=O)CNc3cc(C=O)c(Cl)cc3OCC=CC(=O)N3CC(N4CCN(C(=O)CNc5cc(Cl)c(Cl)c(C(N)=O)c5)CC4)C3)CC2)C1. The maximum atomic E-state index is 13.1. The van der Waals surface area contributed by atoms with E-state index >= 15 is 0 Å². The van der Waals surface area contributed by atoms with Crippen LogP contribution in [-0.4, -0.2) is 176 Å². The van der Waals surface area contributed by atoms with E-state index in [0.29, 0.717) is 102 Å². The Hall–Kier alpha value is -4.87. The number of piperazine rings is 2. The summed E-state index contributed by atoms with van der Waals surface area (Å²) in [4.78, 5) is 85.5. The van der Waals surface area contributed by atoms with Crippen LogP contribution in [0.2, 0.25) is 15.1 Å². The Labute approximate surface area is 351 Å². The van der Waals surface area contributed by atoms with Crippen LogP contribution < -0.4 is 21.1 Å². The topological polar surface area (TPSA) is 181 Å². The molecule has 4 aliphatic rings. The number of aldehydes is 1. The molecule has 0 atom stereocenters. The molecule has 4 aliphatic heterocycles. The number of benzene rings is 2. The van der Waals surface area contributed by atoms with E-state index in [0.717, 1.165) is 0 Å². The summed E-state index contributed by atoms with van der Waals surface area (Å²) in [5.74, 6) is -0.812. The summed E-state index contributed by atoms with van der Waals surface area (Å²) in [5, 5.41) is 6.50. The third-order valence-corrected chi connectivity index (χ3v) is 12.0. The van der Waals surface area contributed by atoms with Gasteiger partial charge in [0.25, 0.3) is 0 Å². The van der Waals surface area contributed by atoms with Crippen LogP contribution >= 0.6 is 34.8 Å². The Balaban J connectivity index is 0.896. The molecule has 0 radical (unpaired) electrons. The first-order valence-electron chi connectivity index (χ1n) is 18.9. The van der Waals surface area contributed by atoms with Crippen molar-refractivity contribution in [2.24, 2.45) is 5.73 Å². The standard InChI is InChI=1S/C39H46Cl3N9O7/c1-2-34(53)50-20-27(21-50)46-7-11-49(12-8-46)37(56)19-45-32-14-25(24-52)30(40)17-33(32)58-13-3-4-35(54)51-22-28(23-51)47-5-9-48(10-6-47)36(55)18-44-26-15-29(39(43)57)38(42)31(41)16-26/h2-4,14-17,24,27-28,44-45H,1,5-13,18-23H2,(H2,43,57). The second-order valence-electron chi connectivity index (χ2n) is 14.4. The summed E-state index contributed by atoms with van der Waals surface area (Å²) in [7, 11) is 0. The quantitative estimate of drug-likeness (QED) is 0.176. The molecule has 16 nitrogen and oxygen atoms in total. The van der Waals surface area contributed by atoms with Gasteiger partial charge in [-0.2, -0.15) is 0 Å². The van der Waals surface area contributed by atoms with Crippen LogP contribution in [0.1, 0.15) is 20.7 Å². The fourth-order valence-corrected chi connectivity index (χ4v) is 7.91. The smallest absolute Gasteiger partial charge is 0.250 e. The molecule has 0 unspecified atom stereocenters. The molecule has 58 heavy (non-hydrogen) atoms. The fourth-order valence-electron chi connectivity index (χ4n) is 7.29. The summed E-state index contributed by atoms with van der Waals surface area (Å²) < 4.78 is 5.92. The van der Waals surface area contributed by atoms with Crippen molar-refractivity contribution in [1.29, 1.82) is 0 Å². The van der Waals surface area contributed by atoms with Gasteiger partial charge in [0.15, 0.2) is 6.29 Å². The number of nitrogens with one attached hydrogen (secondary N) is 2. The number of carbonyl (C=O) groups is 6. The molecule has 4 fully saturated rings. The van der Waals surface area contributed by atoms with Gasteiger partial charge in [-0.1, -0.05) is 41.4 Å². The average Bonchev–Trinajstić information content (AvgIpc) is 3.18. The first-order valence-corrected chi connectivity index (χ1v) is 20.1. The van der Waals surface area contributed by atoms with Gasteiger partial charge >= 0.3 is 0 Å². The van der Waals surface area contributed by atoms with E-state index in [1.54, 1.807) is 25.7 Å². The zero-order valence-electron chi connectivity index (χ0n) is 31.8. The molecule has 2 aromatic carbocycles. The molecule has 4 heterocycles. The maximum Gasteiger partial charge on any atom is 0.250 e. The number of primary amides is 1. The van der Waals surface area contributed by atoms with E-state index in [9.17, 15) is 28.8 Å². The van der Waals surface area contributed by atoms with Crippen LogP contribution in [0.15, 0.2) is 49.1 Å². The van der Waals surface area contributed by atoms with E-state index in [1.165, 1.54) is 36.4 Å². The van der Waals surface area contributed by atoms with Crippen LogP contribution in [0, 0.1) is 0 Å². The molecule has 6 rings (SSSR count). The molecule has 19 heteroatoms. The minimum absolute atomic E-state index is 0.00804. The van der Waals surface area contributed by atoms with Crippen molar-refractivity contribution in [3.63, 3.8) is 0 Å². The molecular weight excluding hydrogens is 813 g/mol. The second-order valence-corrected chi connectivity index (χ2v) is 15.6. The van der Waals surface area contributed by atoms with Crippen molar-refractivity contribution in [2.75, 3.05) is 109 Å². The summed E-state index contributed by atoms with van der Waals surface area (Å²) in [6.07, 6.45) is 5.01. The van der Waals surface area contributed by atoms with Gasteiger partial charge in [-0.25, -0.2) is 0 Å². The number of rotatable bonds is 15. The first kappa shape index (κ1) is 42.7. The van der Waals surface area contributed by atoms with E-state index < -0.39 is 5.91 Å². The summed E-state index contributed by atoms with van der Waals surface area (Å²) in [6.45, 7) is 11.0. The van der Waals surface area contributed by atoms with Crippen molar-refractivity contribution < 1.29 is 33.5 Å². The first-order chi connectivity index (χ1) is 27.8. The van der Waals surface area contributed by atoms with Gasteiger partial charge in [0.2, 0.25) is 29.5 Å².